The van der Waals surface area contributed by atoms with E-state index in [1.165, 1.54) is 99.4 Å². The summed E-state index contributed by atoms with van der Waals surface area (Å²) in [5.74, 6) is 0.861. The van der Waals surface area contributed by atoms with E-state index in [4.69, 9.17) is 4.74 Å². The molecule has 10 rings (SSSR count). The fourth-order valence-corrected chi connectivity index (χ4v) is 9.48. The third-order valence-electron chi connectivity index (χ3n) is 12.2. The molecule has 2 aliphatic carbocycles. The SMILES string of the molecule is COc1ccc(-c2c3ccccc3c(-c3ccc4c(c3)C(C)(C)c3ccccc3-4)c3cc(-c4ccc5c(c4)C(C)(C)c4ccccc4-5)ccc23)cc1. The molecule has 0 heterocycles. The van der Waals surface area contributed by atoms with Crippen molar-refractivity contribution in [3.8, 4) is 61.4 Å². The summed E-state index contributed by atoms with van der Waals surface area (Å²) in [5.41, 5.74) is 18.3. The van der Waals surface area contributed by atoms with Gasteiger partial charge in [0.1, 0.15) is 5.75 Å². The van der Waals surface area contributed by atoms with E-state index in [9.17, 15) is 0 Å². The van der Waals surface area contributed by atoms with E-state index in [0.717, 1.165) is 5.75 Å². The van der Waals surface area contributed by atoms with Crippen molar-refractivity contribution in [3.63, 3.8) is 0 Å². The van der Waals surface area contributed by atoms with Crippen LogP contribution in [-0.4, -0.2) is 7.11 Å². The molecule has 8 aromatic carbocycles. The summed E-state index contributed by atoms with van der Waals surface area (Å²) in [7, 11) is 1.73. The van der Waals surface area contributed by atoms with Crippen molar-refractivity contribution in [3.05, 3.63) is 174 Å². The first-order chi connectivity index (χ1) is 25.3. The second-order valence-corrected chi connectivity index (χ2v) is 15.6. The molecular weight excluding hydrogens is 629 g/mol. The molecule has 0 saturated carbocycles. The second-order valence-electron chi connectivity index (χ2n) is 15.6. The Bertz CT molecular complexity index is 2760. The van der Waals surface area contributed by atoms with Gasteiger partial charge in [0, 0.05) is 10.8 Å². The maximum Gasteiger partial charge on any atom is 0.118 e. The first-order valence-corrected chi connectivity index (χ1v) is 18.4. The van der Waals surface area contributed by atoms with Crippen molar-refractivity contribution in [2.24, 2.45) is 0 Å². The smallest absolute Gasteiger partial charge is 0.118 e. The van der Waals surface area contributed by atoms with Gasteiger partial charge in [0.2, 0.25) is 0 Å². The molecule has 2 aliphatic rings. The summed E-state index contributed by atoms with van der Waals surface area (Å²) in [5, 5.41) is 5.03. The van der Waals surface area contributed by atoms with Crippen molar-refractivity contribution in [2.45, 2.75) is 38.5 Å². The summed E-state index contributed by atoms with van der Waals surface area (Å²) in [6.07, 6.45) is 0. The van der Waals surface area contributed by atoms with E-state index in [2.05, 4.69) is 179 Å². The molecule has 250 valence electrons. The summed E-state index contributed by atoms with van der Waals surface area (Å²) in [6.45, 7) is 9.47. The van der Waals surface area contributed by atoms with Crippen LogP contribution in [0.1, 0.15) is 49.9 Å². The molecule has 1 nitrogen and oxygen atoms in total. The minimum atomic E-state index is -0.0868. The molecule has 0 fully saturated rings. The molecule has 0 spiro atoms. The van der Waals surface area contributed by atoms with Crippen LogP contribution in [0.3, 0.4) is 0 Å². The minimum Gasteiger partial charge on any atom is -0.497 e. The van der Waals surface area contributed by atoms with Gasteiger partial charge in [-0.15, -0.1) is 0 Å². The molecule has 0 aromatic heterocycles. The van der Waals surface area contributed by atoms with E-state index < -0.39 is 0 Å². The fraction of sp³-hybridized carbons (Fsp3) is 0.137. The zero-order chi connectivity index (χ0) is 35.4. The second kappa shape index (κ2) is 11.0. The molecule has 52 heavy (non-hydrogen) atoms. The molecule has 0 N–H and O–H groups in total. The fourth-order valence-electron chi connectivity index (χ4n) is 9.48. The third-order valence-corrected chi connectivity index (χ3v) is 12.2. The van der Waals surface area contributed by atoms with Crippen LogP contribution in [0.4, 0.5) is 0 Å². The van der Waals surface area contributed by atoms with Gasteiger partial charge in [0.15, 0.2) is 0 Å². The number of fused-ring (bicyclic) bond motifs is 8. The zero-order valence-corrected chi connectivity index (χ0v) is 30.3. The monoisotopic (exact) mass is 668 g/mol. The Morgan fingerprint density at radius 2 is 0.769 bits per heavy atom. The van der Waals surface area contributed by atoms with Gasteiger partial charge in [-0.1, -0.05) is 149 Å². The van der Waals surface area contributed by atoms with Gasteiger partial charge in [-0.25, -0.2) is 0 Å². The first-order valence-electron chi connectivity index (χ1n) is 18.4. The molecule has 0 bridgehead atoms. The van der Waals surface area contributed by atoms with Crippen LogP contribution in [0.5, 0.6) is 5.75 Å². The van der Waals surface area contributed by atoms with Gasteiger partial charge in [0.25, 0.3) is 0 Å². The Kier molecular flexibility index (Phi) is 6.55. The van der Waals surface area contributed by atoms with Gasteiger partial charge in [-0.05, 0) is 130 Å². The number of rotatable bonds is 4. The lowest BCUT2D eigenvalue weighted by atomic mass is 9.80. The number of hydrogen-bond acceptors (Lipinski definition) is 1. The largest absolute Gasteiger partial charge is 0.497 e. The van der Waals surface area contributed by atoms with Crippen molar-refractivity contribution < 1.29 is 4.74 Å². The summed E-state index contributed by atoms with van der Waals surface area (Å²) in [6, 6.07) is 56.7. The molecule has 0 saturated heterocycles. The van der Waals surface area contributed by atoms with Gasteiger partial charge < -0.3 is 4.74 Å². The van der Waals surface area contributed by atoms with Crippen molar-refractivity contribution in [1.82, 2.24) is 0 Å². The minimum absolute atomic E-state index is 0.0590. The van der Waals surface area contributed by atoms with E-state index in [-0.39, 0.29) is 10.8 Å². The van der Waals surface area contributed by atoms with E-state index >= 15 is 0 Å². The van der Waals surface area contributed by atoms with Crippen molar-refractivity contribution in [1.29, 1.82) is 0 Å². The maximum atomic E-state index is 5.57. The topological polar surface area (TPSA) is 9.23 Å². The molecule has 1 heteroatoms. The Labute approximate surface area is 306 Å². The predicted molar refractivity (Wildman–Crippen MR) is 219 cm³/mol. The Morgan fingerprint density at radius 1 is 0.346 bits per heavy atom. The molecule has 0 amide bonds. The van der Waals surface area contributed by atoms with Crippen LogP contribution in [-0.2, 0) is 10.8 Å². The number of benzene rings is 8. The van der Waals surface area contributed by atoms with Crippen LogP contribution in [0, 0.1) is 0 Å². The van der Waals surface area contributed by atoms with Crippen LogP contribution < -0.4 is 4.74 Å². The van der Waals surface area contributed by atoms with Crippen LogP contribution >= 0.6 is 0 Å². The highest BCUT2D eigenvalue weighted by Crippen LogP contribution is 2.53. The van der Waals surface area contributed by atoms with E-state index in [1.807, 2.05) is 0 Å². The zero-order valence-electron chi connectivity index (χ0n) is 30.3. The van der Waals surface area contributed by atoms with Gasteiger partial charge in [-0.3, -0.25) is 0 Å². The van der Waals surface area contributed by atoms with Gasteiger partial charge in [0.05, 0.1) is 7.11 Å². The lowest BCUT2D eigenvalue weighted by Crippen LogP contribution is -2.14. The summed E-state index contributed by atoms with van der Waals surface area (Å²) in [4.78, 5) is 0. The molecule has 0 radical (unpaired) electrons. The third kappa shape index (κ3) is 4.29. The number of methoxy groups -OCH3 is 1. The Balaban J connectivity index is 1.25. The van der Waals surface area contributed by atoms with E-state index in [0.29, 0.717) is 0 Å². The quantitative estimate of drug-likeness (QED) is 0.170. The highest BCUT2D eigenvalue weighted by Gasteiger charge is 2.36. The molecule has 0 unspecified atom stereocenters. The lowest BCUT2D eigenvalue weighted by molar-refractivity contribution is 0.415. The van der Waals surface area contributed by atoms with Crippen LogP contribution in [0.15, 0.2) is 152 Å². The summed E-state index contributed by atoms with van der Waals surface area (Å²) >= 11 is 0. The predicted octanol–water partition coefficient (Wildman–Crippen LogP) is 13.6. The normalized spacial score (nSPS) is 14.6. The van der Waals surface area contributed by atoms with Crippen LogP contribution in [0.2, 0.25) is 0 Å². The average molecular weight is 669 g/mol. The van der Waals surface area contributed by atoms with Crippen molar-refractivity contribution >= 4 is 21.5 Å². The highest BCUT2D eigenvalue weighted by atomic mass is 16.5. The molecule has 8 aromatic rings. The van der Waals surface area contributed by atoms with E-state index in [1.54, 1.807) is 7.11 Å². The highest BCUT2D eigenvalue weighted by molar-refractivity contribution is 6.22. The molecular formula is C51H40O. The lowest BCUT2D eigenvalue weighted by Gasteiger charge is -2.23. The van der Waals surface area contributed by atoms with Gasteiger partial charge >= 0.3 is 0 Å². The van der Waals surface area contributed by atoms with Gasteiger partial charge in [-0.2, -0.15) is 0 Å². The van der Waals surface area contributed by atoms with Crippen molar-refractivity contribution in [2.75, 3.05) is 7.11 Å². The number of ether oxygens (including phenoxy) is 1. The molecule has 0 aliphatic heterocycles. The Morgan fingerprint density at radius 3 is 1.37 bits per heavy atom. The Hall–Kier alpha value is -5.92. The molecule has 0 atom stereocenters. The number of hydrogen-bond donors (Lipinski definition) is 0. The maximum absolute atomic E-state index is 5.57. The standard InChI is InChI=1S/C51H40O/c1-50(2)44-16-10-8-12-36(44)38-25-20-33(29-46(38)50)32-21-27-42-43(28-32)49(34-22-26-39-37-13-9-11-17-45(37)51(3,4)47(39)30-34)41-15-7-6-14-40(41)48(42)31-18-23-35(52-5)24-19-31/h6-30H,1-5H3. The summed E-state index contributed by atoms with van der Waals surface area (Å²) < 4.78 is 5.57. The van der Waals surface area contributed by atoms with Crippen LogP contribution in [0.25, 0.3) is 77.2 Å². The average Bonchev–Trinajstić information content (AvgIpc) is 3.55. The first kappa shape index (κ1) is 30.9.